The van der Waals surface area contributed by atoms with E-state index in [1.807, 2.05) is 24.3 Å². The van der Waals surface area contributed by atoms with E-state index in [0.717, 1.165) is 22.4 Å². The minimum absolute atomic E-state index is 0.0621. The smallest absolute Gasteiger partial charge is 0.251 e. The summed E-state index contributed by atoms with van der Waals surface area (Å²) in [5, 5.41) is 3.29. The summed E-state index contributed by atoms with van der Waals surface area (Å²) >= 11 is 3.40. The zero-order chi connectivity index (χ0) is 14.5. The highest BCUT2D eigenvalue weighted by atomic mass is 79.9. The maximum absolute atomic E-state index is 12.4. The molecule has 0 radical (unpaired) electrons. The molecule has 2 fully saturated rings. The Morgan fingerprint density at radius 1 is 1.25 bits per heavy atom. The highest BCUT2D eigenvalue weighted by Gasteiger charge is 2.61. The number of nitrogens with one attached hydrogen (secondary N) is 1. The third-order valence-corrected chi connectivity index (χ3v) is 6.73. The van der Waals surface area contributed by atoms with Crippen LogP contribution < -0.4 is 5.32 Å². The highest BCUT2D eigenvalue weighted by Crippen LogP contribution is 2.65. The van der Waals surface area contributed by atoms with Crippen molar-refractivity contribution in [3.05, 3.63) is 34.3 Å². The van der Waals surface area contributed by atoms with Gasteiger partial charge in [-0.15, -0.1) is 0 Å². The summed E-state index contributed by atoms with van der Waals surface area (Å²) in [6, 6.07) is 7.90. The number of benzene rings is 1. The standard InChI is InChI=1S/C17H22BrNO/c1-16(2)12-8-9-17(16,3)14(10-12)19-15(20)11-4-6-13(18)7-5-11/h4-7,12,14H,8-10H2,1-3H3,(H,19,20)/t12-,14-,17-/m0/s1. The Bertz CT molecular complexity index is 536. The van der Waals surface area contributed by atoms with Crippen LogP contribution in [0.15, 0.2) is 28.7 Å². The first-order valence-corrected chi connectivity index (χ1v) is 8.20. The number of fused-ring (bicyclic) bond motifs is 2. The first-order chi connectivity index (χ1) is 9.34. The summed E-state index contributed by atoms with van der Waals surface area (Å²) in [6.45, 7) is 7.10. The predicted molar refractivity (Wildman–Crippen MR) is 84.6 cm³/mol. The van der Waals surface area contributed by atoms with E-state index in [4.69, 9.17) is 0 Å². The second kappa shape index (κ2) is 4.59. The zero-order valence-electron chi connectivity index (χ0n) is 12.4. The lowest BCUT2D eigenvalue weighted by atomic mass is 9.69. The van der Waals surface area contributed by atoms with E-state index < -0.39 is 0 Å². The molecule has 1 amide bonds. The van der Waals surface area contributed by atoms with Crippen LogP contribution in [-0.4, -0.2) is 11.9 Å². The van der Waals surface area contributed by atoms with Crippen molar-refractivity contribution in [1.29, 1.82) is 0 Å². The average Bonchev–Trinajstić information content (AvgIpc) is 2.72. The number of halogens is 1. The zero-order valence-corrected chi connectivity index (χ0v) is 14.0. The monoisotopic (exact) mass is 335 g/mol. The minimum atomic E-state index is 0.0621. The van der Waals surface area contributed by atoms with Gasteiger partial charge in [0.1, 0.15) is 0 Å². The Morgan fingerprint density at radius 3 is 2.40 bits per heavy atom. The van der Waals surface area contributed by atoms with E-state index in [-0.39, 0.29) is 11.3 Å². The molecule has 3 heteroatoms. The van der Waals surface area contributed by atoms with Crippen molar-refractivity contribution in [3.63, 3.8) is 0 Å². The Hall–Kier alpha value is -0.830. The fraction of sp³-hybridized carbons (Fsp3) is 0.588. The number of rotatable bonds is 2. The van der Waals surface area contributed by atoms with Crippen LogP contribution in [0.4, 0.5) is 0 Å². The molecule has 20 heavy (non-hydrogen) atoms. The van der Waals surface area contributed by atoms with Gasteiger partial charge in [0.15, 0.2) is 0 Å². The lowest BCUT2D eigenvalue weighted by Crippen LogP contribution is -2.46. The van der Waals surface area contributed by atoms with Crippen LogP contribution in [0.1, 0.15) is 50.4 Å². The maximum Gasteiger partial charge on any atom is 0.251 e. The van der Waals surface area contributed by atoms with Crippen molar-refractivity contribution in [2.45, 2.75) is 46.1 Å². The molecule has 2 aliphatic carbocycles. The molecule has 0 aliphatic heterocycles. The van der Waals surface area contributed by atoms with Gasteiger partial charge in [0, 0.05) is 16.1 Å². The minimum Gasteiger partial charge on any atom is -0.349 e. The van der Waals surface area contributed by atoms with Crippen LogP contribution in [-0.2, 0) is 0 Å². The van der Waals surface area contributed by atoms with Gasteiger partial charge in [-0.05, 0) is 60.3 Å². The third-order valence-electron chi connectivity index (χ3n) is 6.21. The summed E-state index contributed by atoms with van der Waals surface area (Å²) in [4.78, 5) is 12.4. The molecule has 3 atom stereocenters. The number of carbonyl (C=O) groups excluding carboxylic acids is 1. The van der Waals surface area contributed by atoms with Crippen LogP contribution >= 0.6 is 15.9 Å². The quantitative estimate of drug-likeness (QED) is 0.852. The summed E-state index contributed by atoms with van der Waals surface area (Å²) < 4.78 is 1.00. The van der Waals surface area contributed by atoms with Gasteiger partial charge in [0.2, 0.25) is 0 Å². The molecule has 3 rings (SSSR count). The van der Waals surface area contributed by atoms with Crippen LogP contribution in [0.25, 0.3) is 0 Å². The third kappa shape index (κ3) is 1.93. The Balaban J connectivity index is 1.76. The number of hydrogen-bond donors (Lipinski definition) is 1. The van der Waals surface area contributed by atoms with Crippen LogP contribution in [0.2, 0.25) is 0 Å². The molecule has 2 bridgehead atoms. The van der Waals surface area contributed by atoms with Crippen molar-refractivity contribution in [2.75, 3.05) is 0 Å². The first kappa shape index (κ1) is 14.1. The van der Waals surface area contributed by atoms with Gasteiger partial charge in [-0.3, -0.25) is 4.79 Å². The van der Waals surface area contributed by atoms with E-state index in [0.29, 0.717) is 11.5 Å². The fourth-order valence-electron chi connectivity index (χ4n) is 4.26. The number of amides is 1. The van der Waals surface area contributed by atoms with Gasteiger partial charge in [0.25, 0.3) is 5.91 Å². The molecule has 2 nitrogen and oxygen atoms in total. The summed E-state index contributed by atoms with van der Waals surface area (Å²) in [7, 11) is 0. The second-order valence-electron chi connectivity index (χ2n) is 7.14. The molecule has 0 aromatic heterocycles. The van der Waals surface area contributed by atoms with Crippen LogP contribution in [0.3, 0.4) is 0 Å². The molecule has 108 valence electrons. The molecule has 2 saturated carbocycles. The first-order valence-electron chi connectivity index (χ1n) is 7.41. The van der Waals surface area contributed by atoms with E-state index in [9.17, 15) is 4.79 Å². The summed E-state index contributed by atoms with van der Waals surface area (Å²) in [5.41, 5.74) is 1.32. The van der Waals surface area contributed by atoms with Crippen molar-refractivity contribution in [1.82, 2.24) is 5.32 Å². The fourth-order valence-corrected chi connectivity index (χ4v) is 4.53. The van der Waals surface area contributed by atoms with Gasteiger partial charge in [-0.25, -0.2) is 0 Å². The van der Waals surface area contributed by atoms with Gasteiger partial charge in [-0.2, -0.15) is 0 Å². The number of carbonyl (C=O) groups is 1. The predicted octanol–water partition coefficient (Wildman–Crippen LogP) is 4.39. The van der Waals surface area contributed by atoms with E-state index >= 15 is 0 Å². The largest absolute Gasteiger partial charge is 0.349 e. The molecular formula is C17H22BrNO. The molecule has 2 aliphatic rings. The lowest BCUT2D eigenvalue weighted by Gasteiger charge is -2.39. The number of hydrogen-bond acceptors (Lipinski definition) is 1. The average molecular weight is 336 g/mol. The van der Waals surface area contributed by atoms with E-state index in [1.54, 1.807) is 0 Å². The molecule has 0 spiro atoms. The molecule has 1 aromatic rings. The van der Waals surface area contributed by atoms with Gasteiger partial charge < -0.3 is 5.32 Å². The maximum atomic E-state index is 12.4. The van der Waals surface area contributed by atoms with E-state index in [2.05, 4.69) is 42.0 Å². The Labute approximate surface area is 129 Å². The van der Waals surface area contributed by atoms with Crippen LogP contribution in [0, 0.1) is 16.7 Å². The topological polar surface area (TPSA) is 29.1 Å². The molecule has 0 heterocycles. The molecule has 1 N–H and O–H groups in total. The van der Waals surface area contributed by atoms with Crippen molar-refractivity contribution in [2.24, 2.45) is 16.7 Å². The highest BCUT2D eigenvalue weighted by molar-refractivity contribution is 9.10. The SMILES string of the molecule is CC1(C)[C@H]2CC[C@@]1(C)[C@@H](NC(=O)c1ccc(Br)cc1)C2. The Morgan fingerprint density at radius 2 is 1.90 bits per heavy atom. The van der Waals surface area contributed by atoms with Gasteiger partial charge in [-0.1, -0.05) is 36.7 Å². The van der Waals surface area contributed by atoms with Crippen molar-refractivity contribution in [3.8, 4) is 0 Å². The van der Waals surface area contributed by atoms with Gasteiger partial charge in [0.05, 0.1) is 0 Å². The lowest BCUT2D eigenvalue weighted by molar-refractivity contribution is 0.0826. The normalized spacial score (nSPS) is 34.2. The van der Waals surface area contributed by atoms with Crippen molar-refractivity contribution >= 4 is 21.8 Å². The van der Waals surface area contributed by atoms with Crippen LogP contribution in [0.5, 0.6) is 0 Å². The molecular weight excluding hydrogens is 314 g/mol. The molecule has 0 saturated heterocycles. The summed E-state index contributed by atoms with van der Waals surface area (Å²) in [6.07, 6.45) is 3.68. The van der Waals surface area contributed by atoms with Crippen molar-refractivity contribution < 1.29 is 4.79 Å². The van der Waals surface area contributed by atoms with E-state index in [1.165, 1.54) is 12.8 Å². The molecule has 0 unspecified atom stereocenters. The Kier molecular flexibility index (Phi) is 3.24. The van der Waals surface area contributed by atoms with Gasteiger partial charge >= 0.3 is 0 Å². The molecule has 1 aromatic carbocycles. The second-order valence-corrected chi connectivity index (χ2v) is 8.06. The summed E-state index contributed by atoms with van der Waals surface area (Å²) in [5.74, 6) is 0.815.